The molecular formula is C41H83N2O7P. The van der Waals surface area contributed by atoms with Crippen molar-refractivity contribution in [1.82, 2.24) is 5.32 Å². The second-order valence-corrected chi connectivity index (χ2v) is 17.7. The average molecular weight is 747 g/mol. The summed E-state index contributed by atoms with van der Waals surface area (Å²) in [7, 11) is 1.12. The summed E-state index contributed by atoms with van der Waals surface area (Å²) in [6.45, 7) is 6.72. The van der Waals surface area contributed by atoms with Crippen molar-refractivity contribution in [3.05, 3.63) is 12.2 Å². The van der Waals surface area contributed by atoms with Gasteiger partial charge >= 0.3 is 0 Å². The van der Waals surface area contributed by atoms with Crippen molar-refractivity contribution in [1.29, 1.82) is 0 Å². The molecule has 0 radical (unpaired) electrons. The van der Waals surface area contributed by atoms with Gasteiger partial charge in [-0.3, -0.25) is 9.36 Å². The molecule has 0 bridgehead atoms. The van der Waals surface area contributed by atoms with Crippen molar-refractivity contribution >= 4 is 13.7 Å². The fraction of sp³-hybridized carbons (Fsp3) is 0.927. The summed E-state index contributed by atoms with van der Waals surface area (Å²) < 4.78 is 23.0. The van der Waals surface area contributed by atoms with E-state index in [-0.39, 0.29) is 6.61 Å². The Labute approximate surface area is 314 Å². The van der Waals surface area contributed by atoms with E-state index in [0.717, 1.165) is 44.4 Å². The number of phosphoric acid groups is 1. The molecule has 0 heterocycles. The number of carbonyl (C=O) groups is 1. The molecule has 10 heteroatoms. The fourth-order valence-electron chi connectivity index (χ4n) is 6.05. The number of likely N-dealkylation sites (N-methyl/N-ethyl adjacent to an activating group) is 1. The molecule has 2 unspecified atom stereocenters. The highest BCUT2D eigenvalue weighted by Crippen LogP contribution is 2.38. The van der Waals surface area contributed by atoms with Crippen LogP contribution in [0, 0.1) is 5.92 Å². The number of quaternary nitrogens is 1. The second kappa shape index (κ2) is 32.6. The summed E-state index contributed by atoms with van der Waals surface area (Å²) in [6.07, 6.45) is 30.4. The Morgan fingerprint density at radius 3 is 1.65 bits per heavy atom. The summed E-state index contributed by atoms with van der Waals surface area (Å²) in [4.78, 5) is 25.3. The lowest BCUT2D eigenvalue weighted by Gasteiger charge is -2.29. The van der Waals surface area contributed by atoms with Gasteiger partial charge in [-0.1, -0.05) is 174 Å². The Hall–Kier alpha value is -0.800. The maximum Gasteiger partial charge on any atom is 0.268 e. The van der Waals surface area contributed by atoms with E-state index in [1.165, 1.54) is 116 Å². The number of unbranched alkanes of at least 4 members (excludes halogenated alkanes) is 21. The quantitative estimate of drug-likeness (QED) is 0.0250. The molecule has 3 N–H and O–H groups in total. The van der Waals surface area contributed by atoms with Gasteiger partial charge in [0.25, 0.3) is 7.82 Å². The van der Waals surface area contributed by atoms with Crippen molar-refractivity contribution < 1.29 is 38.0 Å². The zero-order chi connectivity index (χ0) is 38.2. The van der Waals surface area contributed by atoms with E-state index in [9.17, 15) is 24.5 Å². The summed E-state index contributed by atoms with van der Waals surface area (Å²) in [5.74, 6) is 0.137. The van der Waals surface area contributed by atoms with Gasteiger partial charge in [-0.2, -0.15) is 0 Å². The first-order valence-corrected chi connectivity index (χ1v) is 22.5. The van der Waals surface area contributed by atoms with Gasteiger partial charge in [0.2, 0.25) is 5.91 Å². The highest BCUT2D eigenvalue weighted by molar-refractivity contribution is 7.45. The number of aliphatic hydroxyl groups is 2. The highest BCUT2D eigenvalue weighted by atomic mass is 31.2. The second-order valence-electron chi connectivity index (χ2n) is 16.3. The number of rotatable bonds is 37. The standard InChI is InChI=1S/C41H83N2O7P/c1-7-8-9-10-11-12-13-14-15-16-17-20-24-27-30-33-40(45)41(46)42-38(36-50-51(47,48)49-35-34-43(4,5)6)39(44)32-29-26-23-21-18-19-22-25-28-31-37(2)3/h29,32,37-40,44-45H,7-28,30-31,33-36H2,1-6H3,(H-,42,46,47,48)/b32-29+/t38-,39+,40?/m0/s1. The van der Waals surface area contributed by atoms with Crippen molar-refractivity contribution in [2.75, 3.05) is 40.9 Å². The third-order valence-corrected chi connectivity index (χ3v) is 10.5. The molecule has 51 heavy (non-hydrogen) atoms. The maximum atomic E-state index is 12.9. The van der Waals surface area contributed by atoms with E-state index in [4.69, 9.17) is 9.05 Å². The summed E-state index contributed by atoms with van der Waals surface area (Å²) >= 11 is 0. The van der Waals surface area contributed by atoms with Gasteiger partial charge in [-0.05, 0) is 25.2 Å². The third-order valence-electron chi connectivity index (χ3n) is 9.53. The van der Waals surface area contributed by atoms with Gasteiger partial charge in [-0.15, -0.1) is 0 Å². The lowest BCUT2D eigenvalue weighted by molar-refractivity contribution is -0.870. The zero-order valence-electron chi connectivity index (χ0n) is 34.1. The third kappa shape index (κ3) is 34.7. The minimum absolute atomic E-state index is 0.0420. The van der Waals surface area contributed by atoms with Crippen LogP contribution in [0.2, 0.25) is 0 Å². The number of amides is 1. The van der Waals surface area contributed by atoms with Crippen LogP contribution in [0.5, 0.6) is 0 Å². The SMILES string of the molecule is CCCCCCCCCCCCCCCCCC(O)C(=O)N[C@@H](COP(=O)([O-])OCC[N+](C)(C)C)[C@H](O)/C=C/CCCCCCCCCC(C)C. The monoisotopic (exact) mass is 747 g/mol. The Kier molecular flexibility index (Phi) is 32.1. The fourth-order valence-corrected chi connectivity index (χ4v) is 6.77. The van der Waals surface area contributed by atoms with Crippen LogP contribution in [0.3, 0.4) is 0 Å². The molecule has 0 aromatic carbocycles. The lowest BCUT2D eigenvalue weighted by Crippen LogP contribution is -2.49. The molecule has 9 nitrogen and oxygen atoms in total. The first-order valence-electron chi connectivity index (χ1n) is 21.0. The Morgan fingerprint density at radius 2 is 1.18 bits per heavy atom. The summed E-state index contributed by atoms with van der Waals surface area (Å²) in [5.41, 5.74) is 0. The van der Waals surface area contributed by atoms with E-state index in [1.54, 1.807) is 6.08 Å². The van der Waals surface area contributed by atoms with Crippen LogP contribution in [0.1, 0.15) is 181 Å². The first kappa shape index (κ1) is 50.2. The smallest absolute Gasteiger partial charge is 0.268 e. The number of allylic oxidation sites excluding steroid dienone is 1. The summed E-state index contributed by atoms with van der Waals surface area (Å²) in [6, 6.07) is -1.06. The van der Waals surface area contributed by atoms with Crippen LogP contribution in [0.15, 0.2) is 12.2 Å². The number of nitrogens with zero attached hydrogens (tertiary/aromatic N) is 1. The molecule has 0 fully saturated rings. The van der Waals surface area contributed by atoms with E-state index >= 15 is 0 Å². The number of aliphatic hydroxyl groups excluding tert-OH is 2. The lowest BCUT2D eigenvalue weighted by atomic mass is 10.0. The predicted molar refractivity (Wildman–Crippen MR) is 211 cm³/mol. The van der Waals surface area contributed by atoms with Gasteiger partial charge in [0.15, 0.2) is 0 Å². The minimum atomic E-state index is -4.65. The van der Waals surface area contributed by atoms with Crippen molar-refractivity contribution in [3.63, 3.8) is 0 Å². The first-order chi connectivity index (χ1) is 24.3. The van der Waals surface area contributed by atoms with Crippen LogP contribution in [0.4, 0.5) is 0 Å². The van der Waals surface area contributed by atoms with Crippen LogP contribution < -0.4 is 10.2 Å². The van der Waals surface area contributed by atoms with Gasteiger partial charge < -0.3 is 34.0 Å². The van der Waals surface area contributed by atoms with Crippen LogP contribution >= 0.6 is 7.82 Å². The van der Waals surface area contributed by atoms with Crippen LogP contribution in [0.25, 0.3) is 0 Å². The molecule has 0 aromatic heterocycles. The van der Waals surface area contributed by atoms with E-state index in [0.29, 0.717) is 17.4 Å². The topological polar surface area (TPSA) is 128 Å². The number of hydrogen-bond donors (Lipinski definition) is 3. The van der Waals surface area contributed by atoms with Gasteiger partial charge in [0.05, 0.1) is 39.9 Å². The molecule has 1 amide bonds. The molecule has 0 aliphatic heterocycles. The van der Waals surface area contributed by atoms with E-state index < -0.39 is 38.6 Å². The van der Waals surface area contributed by atoms with Crippen molar-refractivity contribution in [2.24, 2.45) is 5.92 Å². The highest BCUT2D eigenvalue weighted by Gasteiger charge is 2.25. The van der Waals surface area contributed by atoms with E-state index in [2.05, 4.69) is 26.1 Å². The molecule has 0 saturated heterocycles. The normalized spacial score (nSPS) is 15.3. The van der Waals surface area contributed by atoms with Crippen molar-refractivity contribution in [3.8, 4) is 0 Å². The molecule has 0 saturated carbocycles. The molecule has 0 aliphatic rings. The van der Waals surface area contributed by atoms with Gasteiger partial charge in [0, 0.05) is 0 Å². The number of hydrogen-bond acceptors (Lipinski definition) is 7. The zero-order valence-corrected chi connectivity index (χ0v) is 35.0. The molecule has 304 valence electrons. The van der Waals surface area contributed by atoms with E-state index in [1.807, 2.05) is 27.2 Å². The minimum Gasteiger partial charge on any atom is -0.756 e. The number of phosphoric ester groups is 1. The Balaban J connectivity index is 4.57. The molecule has 0 rings (SSSR count). The van der Waals surface area contributed by atoms with Crippen LogP contribution in [-0.2, 0) is 18.4 Å². The average Bonchev–Trinajstić information content (AvgIpc) is 3.06. The van der Waals surface area contributed by atoms with Crippen molar-refractivity contribution in [2.45, 2.75) is 200 Å². The van der Waals surface area contributed by atoms with Gasteiger partial charge in [-0.25, -0.2) is 0 Å². The maximum absolute atomic E-state index is 12.9. The Morgan fingerprint density at radius 1 is 0.725 bits per heavy atom. The Bertz CT molecular complexity index is 881. The van der Waals surface area contributed by atoms with Gasteiger partial charge in [0.1, 0.15) is 19.3 Å². The molecular weight excluding hydrogens is 663 g/mol. The predicted octanol–water partition coefficient (Wildman–Crippen LogP) is 9.39. The van der Waals surface area contributed by atoms with Crippen LogP contribution in [-0.4, -0.2) is 79.8 Å². The summed E-state index contributed by atoms with van der Waals surface area (Å²) in [5, 5.41) is 24.1. The molecule has 0 aliphatic carbocycles. The number of nitrogens with one attached hydrogen (secondary N) is 1. The largest absolute Gasteiger partial charge is 0.756 e. The molecule has 0 aromatic rings. The molecule has 4 atom stereocenters. The molecule has 0 spiro atoms. The number of carbonyl (C=O) groups excluding carboxylic acids is 1.